The number of amides is 1. The van der Waals surface area contributed by atoms with Crippen LogP contribution in [0.15, 0.2) is 17.5 Å². The monoisotopic (exact) mass is 211 g/mol. The second-order valence-electron chi connectivity index (χ2n) is 3.98. The Labute approximate surface area is 89.3 Å². The summed E-state index contributed by atoms with van der Waals surface area (Å²) in [5.74, 6) is 0.668. The highest BCUT2D eigenvalue weighted by molar-refractivity contribution is 7.12. The normalized spacial score (nSPS) is 12.9. The van der Waals surface area contributed by atoms with Crippen molar-refractivity contribution in [1.29, 1.82) is 0 Å². The van der Waals surface area contributed by atoms with E-state index in [0.29, 0.717) is 5.92 Å². The van der Waals surface area contributed by atoms with Gasteiger partial charge in [-0.3, -0.25) is 4.79 Å². The first kappa shape index (κ1) is 11.2. The average molecular weight is 211 g/mol. The van der Waals surface area contributed by atoms with Crippen LogP contribution in [0.2, 0.25) is 0 Å². The minimum Gasteiger partial charge on any atom is -0.349 e. The third-order valence-electron chi connectivity index (χ3n) is 1.95. The van der Waals surface area contributed by atoms with Crippen molar-refractivity contribution >= 4 is 17.2 Å². The molecule has 0 aliphatic rings. The lowest BCUT2D eigenvalue weighted by atomic mass is 10.1. The quantitative estimate of drug-likeness (QED) is 0.815. The Balaban J connectivity index is 2.41. The van der Waals surface area contributed by atoms with Crippen LogP contribution in [0.5, 0.6) is 0 Å². The van der Waals surface area contributed by atoms with Crippen molar-refractivity contribution in [2.45, 2.75) is 33.2 Å². The summed E-state index contributed by atoms with van der Waals surface area (Å²) in [6, 6.07) is 4.00. The maximum atomic E-state index is 11.6. The molecule has 1 N–H and O–H groups in total. The van der Waals surface area contributed by atoms with Crippen molar-refractivity contribution in [2.75, 3.05) is 0 Å². The van der Waals surface area contributed by atoms with E-state index in [4.69, 9.17) is 0 Å². The molecule has 0 aromatic carbocycles. The molecule has 1 atom stereocenters. The molecule has 0 saturated heterocycles. The molecule has 3 heteroatoms. The Bertz CT molecular complexity index is 279. The standard InChI is InChI=1S/C11H17NOS/c1-8(2)7-9(3)12-11(13)10-5-4-6-14-10/h4-6,8-9H,7H2,1-3H3,(H,12,13)/t9-/m0/s1. The van der Waals surface area contributed by atoms with Crippen LogP contribution < -0.4 is 5.32 Å². The molecular weight excluding hydrogens is 194 g/mol. The van der Waals surface area contributed by atoms with E-state index in [0.717, 1.165) is 11.3 Å². The lowest BCUT2D eigenvalue weighted by Gasteiger charge is -2.15. The Morgan fingerprint density at radius 1 is 1.50 bits per heavy atom. The van der Waals surface area contributed by atoms with Crippen LogP contribution in [-0.2, 0) is 0 Å². The molecule has 0 aliphatic heterocycles. The fourth-order valence-electron chi connectivity index (χ4n) is 1.47. The molecule has 1 amide bonds. The van der Waals surface area contributed by atoms with E-state index in [-0.39, 0.29) is 11.9 Å². The van der Waals surface area contributed by atoms with Gasteiger partial charge < -0.3 is 5.32 Å². The third kappa shape index (κ3) is 3.50. The van der Waals surface area contributed by atoms with Crippen LogP contribution in [0, 0.1) is 5.92 Å². The zero-order valence-electron chi connectivity index (χ0n) is 8.91. The van der Waals surface area contributed by atoms with E-state index in [9.17, 15) is 4.79 Å². The number of thiophene rings is 1. The SMILES string of the molecule is CC(C)C[C@H](C)NC(=O)c1cccs1. The van der Waals surface area contributed by atoms with Crippen molar-refractivity contribution in [1.82, 2.24) is 5.32 Å². The molecule has 0 spiro atoms. The summed E-state index contributed by atoms with van der Waals surface area (Å²) in [6.07, 6.45) is 1.02. The Morgan fingerprint density at radius 3 is 2.71 bits per heavy atom. The molecule has 1 heterocycles. The van der Waals surface area contributed by atoms with Gasteiger partial charge in [-0.1, -0.05) is 19.9 Å². The van der Waals surface area contributed by atoms with Gasteiger partial charge in [0.1, 0.15) is 0 Å². The van der Waals surface area contributed by atoms with Crippen LogP contribution in [0.25, 0.3) is 0 Å². The van der Waals surface area contributed by atoms with Crippen molar-refractivity contribution in [3.8, 4) is 0 Å². The molecule has 0 saturated carbocycles. The first-order valence-corrected chi connectivity index (χ1v) is 5.82. The number of hydrogen-bond donors (Lipinski definition) is 1. The zero-order valence-corrected chi connectivity index (χ0v) is 9.73. The average Bonchev–Trinajstić information content (AvgIpc) is 2.53. The predicted octanol–water partition coefficient (Wildman–Crippen LogP) is 2.91. The van der Waals surface area contributed by atoms with Crippen LogP contribution in [0.3, 0.4) is 0 Å². The fraction of sp³-hybridized carbons (Fsp3) is 0.545. The molecule has 0 radical (unpaired) electrons. The van der Waals surface area contributed by atoms with E-state index in [1.54, 1.807) is 0 Å². The van der Waals surface area contributed by atoms with Gasteiger partial charge in [-0.25, -0.2) is 0 Å². The Hall–Kier alpha value is -0.830. The lowest BCUT2D eigenvalue weighted by Crippen LogP contribution is -2.32. The highest BCUT2D eigenvalue weighted by atomic mass is 32.1. The molecule has 1 rings (SSSR count). The molecule has 78 valence electrons. The fourth-order valence-corrected chi connectivity index (χ4v) is 2.10. The predicted molar refractivity (Wildman–Crippen MR) is 60.7 cm³/mol. The lowest BCUT2D eigenvalue weighted by molar-refractivity contribution is 0.0940. The number of rotatable bonds is 4. The molecule has 0 aliphatic carbocycles. The number of carbonyl (C=O) groups is 1. The summed E-state index contributed by atoms with van der Waals surface area (Å²) >= 11 is 1.48. The highest BCUT2D eigenvalue weighted by Gasteiger charge is 2.11. The molecule has 1 aromatic rings. The molecule has 2 nitrogen and oxygen atoms in total. The minimum absolute atomic E-state index is 0.0492. The van der Waals surface area contributed by atoms with Crippen LogP contribution in [0.4, 0.5) is 0 Å². The van der Waals surface area contributed by atoms with Gasteiger partial charge in [-0.2, -0.15) is 0 Å². The van der Waals surface area contributed by atoms with E-state index < -0.39 is 0 Å². The van der Waals surface area contributed by atoms with Gasteiger partial charge in [0.05, 0.1) is 4.88 Å². The first-order valence-electron chi connectivity index (χ1n) is 4.94. The van der Waals surface area contributed by atoms with Crippen molar-refractivity contribution in [2.24, 2.45) is 5.92 Å². The maximum absolute atomic E-state index is 11.6. The van der Waals surface area contributed by atoms with Crippen molar-refractivity contribution in [3.63, 3.8) is 0 Å². The van der Waals surface area contributed by atoms with Crippen LogP contribution >= 0.6 is 11.3 Å². The zero-order chi connectivity index (χ0) is 10.6. The highest BCUT2D eigenvalue weighted by Crippen LogP contribution is 2.10. The summed E-state index contributed by atoms with van der Waals surface area (Å²) in [6.45, 7) is 6.37. The second kappa shape index (κ2) is 5.15. The Morgan fingerprint density at radius 2 is 2.21 bits per heavy atom. The molecule has 0 fully saturated rings. The van der Waals surface area contributed by atoms with E-state index in [1.165, 1.54) is 11.3 Å². The van der Waals surface area contributed by atoms with Gasteiger partial charge in [0, 0.05) is 6.04 Å². The van der Waals surface area contributed by atoms with Gasteiger partial charge in [0.25, 0.3) is 5.91 Å². The third-order valence-corrected chi connectivity index (χ3v) is 2.82. The number of carbonyl (C=O) groups excluding carboxylic acids is 1. The topological polar surface area (TPSA) is 29.1 Å². The van der Waals surface area contributed by atoms with Gasteiger partial charge >= 0.3 is 0 Å². The first-order chi connectivity index (χ1) is 6.59. The van der Waals surface area contributed by atoms with E-state index in [2.05, 4.69) is 19.2 Å². The summed E-state index contributed by atoms with van der Waals surface area (Å²) in [5.41, 5.74) is 0. The largest absolute Gasteiger partial charge is 0.349 e. The smallest absolute Gasteiger partial charge is 0.261 e. The molecule has 14 heavy (non-hydrogen) atoms. The van der Waals surface area contributed by atoms with Gasteiger partial charge in [-0.05, 0) is 30.7 Å². The van der Waals surface area contributed by atoms with Gasteiger partial charge in [-0.15, -0.1) is 11.3 Å². The molecule has 0 unspecified atom stereocenters. The van der Waals surface area contributed by atoms with E-state index >= 15 is 0 Å². The summed E-state index contributed by atoms with van der Waals surface area (Å²) in [5, 5.41) is 4.90. The summed E-state index contributed by atoms with van der Waals surface area (Å²) in [4.78, 5) is 12.4. The molecule has 1 aromatic heterocycles. The number of nitrogens with one attached hydrogen (secondary N) is 1. The van der Waals surface area contributed by atoms with E-state index in [1.807, 2.05) is 24.4 Å². The maximum Gasteiger partial charge on any atom is 0.261 e. The van der Waals surface area contributed by atoms with Gasteiger partial charge in [0.15, 0.2) is 0 Å². The van der Waals surface area contributed by atoms with Gasteiger partial charge in [0.2, 0.25) is 0 Å². The summed E-state index contributed by atoms with van der Waals surface area (Å²) in [7, 11) is 0. The van der Waals surface area contributed by atoms with Crippen molar-refractivity contribution < 1.29 is 4.79 Å². The Kier molecular flexibility index (Phi) is 4.14. The minimum atomic E-state index is 0.0492. The molecular formula is C11H17NOS. The molecule has 0 bridgehead atoms. The van der Waals surface area contributed by atoms with Crippen LogP contribution in [0.1, 0.15) is 36.9 Å². The second-order valence-corrected chi connectivity index (χ2v) is 4.93. The van der Waals surface area contributed by atoms with Crippen LogP contribution in [-0.4, -0.2) is 11.9 Å². The van der Waals surface area contributed by atoms with Crippen molar-refractivity contribution in [3.05, 3.63) is 22.4 Å². The number of hydrogen-bond acceptors (Lipinski definition) is 2. The summed E-state index contributed by atoms with van der Waals surface area (Å²) < 4.78 is 0.